The Kier molecular flexibility index (Phi) is 4.43. The van der Waals surface area contributed by atoms with Gasteiger partial charge in [0, 0.05) is 16.8 Å². The Balaban J connectivity index is 2.04. The van der Waals surface area contributed by atoms with Crippen molar-refractivity contribution >= 4 is 43.8 Å². The van der Waals surface area contributed by atoms with Crippen LogP contribution in [0.1, 0.15) is 17.4 Å². The van der Waals surface area contributed by atoms with Gasteiger partial charge in [0.05, 0.1) is 5.75 Å². The number of carbonyl (C=O) groups is 1. The summed E-state index contributed by atoms with van der Waals surface area (Å²) >= 11 is 1.18. The van der Waals surface area contributed by atoms with Gasteiger partial charge in [-0.05, 0) is 31.2 Å². The Morgan fingerprint density at radius 1 is 1.29 bits per heavy atom. The second-order valence-corrected chi connectivity index (χ2v) is 7.01. The van der Waals surface area contributed by atoms with Crippen LogP contribution < -0.4 is 15.8 Å². The van der Waals surface area contributed by atoms with Gasteiger partial charge in [-0.25, -0.2) is 13.4 Å². The summed E-state index contributed by atoms with van der Waals surface area (Å²) < 4.78 is 25.3. The van der Waals surface area contributed by atoms with Gasteiger partial charge in [0.25, 0.3) is 5.91 Å². The van der Waals surface area contributed by atoms with Crippen molar-refractivity contribution < 1.29 is 13.2 Å². The number of hydrogen-bond donors (Lipinski definition) is 3. The Hall–Kier alpha value is -2.13. The molecule has 0 atom stereocenters. The van der Waals surface area contributed by atoms with Gasteiger partial charge in [-0.1, -0.05) is 0 Å². The molecule has 0 spiro atoms. The first-order valence-corrected chi connectivity index (χ1v) is 8.56. The number of nitrogens with one attached hydrogen (secondary N) is 2. The first kappa shape index (κ1) is 15.3. The molecular formula is C12H14N4O3S2. The summed E-state index contributed by atoms with van der Waals surface area (Å²) in [4.78, 5) is 15.7. The van der Waals surface area contributed by atoms with Gasteiger partial charge in [0.1, 0.15) is 5.69 Å². The maximum Gasteiger partial charge on any atom is 0.275 e. The molecule has 0 saturated carbocycles. The van der Waals surface area contributed by atoms with Crippen LogP contribution in [0.2, 0.25) is 0 Å². The number of thiazole rings is 1. The highest BCUT2D eigenvalue weighted by Crippen LogP contribution is 2.17. The fourth-order valence-electron chi connectivity index (χ4n) is 1.46. The molecule has 0 radical (unpaired) electrons. The smallest absolute Gasteiger partial charge is 0.275 e. The van der Waals surface area contributed by atoms with Crippen LogP contribution in [0.5, 0.6) is 0 Å². The van der Waals surface area contributed by atoms with Crippen LogP contribution in [0, 0.1) is 0 Å². The number of anilines is 3. The number of carbonyl (C=O) groups excluding carboxylic acids is 1. The molecule has 21 heavy (non-hydrogen) atoms. The van der Waals surface area contributed by atoms with E-state index in [4.69, 9.17) is 5.73 Å². The van der Waals surface area contributed by atoms with Crippen LogP contribution in [0.15, 0.2) is 29.6 Å². The number of hydrogen-bond acceptors (Lipinski definition) is 6. The van der Waals surface area contributed by atoms with Crippen molar-refractivity contribution in [1.29, 1.82) is 0 Å². The topological polar surface area (TPSA) is 114 Å². The summed E-state index contributed by atoms with van der Waals surface area (Å²) in [6.07, 6.45) is 0. The van der Waals surface area contributed by atoms with E-state index < -0.39 is 10.0 Å². The first-order valence-electron chi connectivity index (χ1n) is 6.02. The molecule has 4 N–H and O–H groups in total. The Bertz CT molecular complexity index is 738. The average Bonchev–Trinajstić information content (AvgIpc) is 2.87. The molecule has 2 aromatic rings. The molecule has 1 heterocycles. The summed E-state index contributed by atoms with van der Waals surface area (Å²) in [5, 5.41) is 4.54. The molecule has 0 aliphatic rings. The van der Waals surface area contributed by atoms with Gasteiger partial charge in [0.15, 0.2) is 5.13 Å². The highest BCUT2D eigenvalue weighted by Gasteiger charge is 2.10. The van der Waals surface area contributed by atoms with Gasteiger partial charge in [-0.3, -0.25) is 9.52 Å². The lowest BCUT2D eigenvalue weighted by Crippen LogP contribution is -2.15. The molecule has 0 aliphatic carbocycles. The molecule has 0 aliphatic heterocycles. The lowest BCUT2D eigenvalue weighted by atomic mass is 10.3. The summed E-state index contributed by atoms with van der Waals surface area (Å²) in [6, 6.07) is 6.33. The van der Waals surface area contributed by atoms with E-state index in [1.807, 2.05) is 0 Å². The van der Waals surface area contributed by atoms with Gasteiger partial charge in [0.2, 0.25) is 10.0 Å². The van der Waals surface area contributed by atoms with E-state index in [0.29, 0.717) is 16.5 Å². The zero-order valence-corrected chi connectivity index (χ0v) is 12.8. The van der Waals surface area contributed by atoms with Crippen molar-refractivity contribution in [2.45, 2.75) is 6.92 Å². The van der Waals surface area contributed by atoms with E-state index in [0.717, 1.165) is 0 Å². The van der Waals surface area contributed by atoms with Crippen molar-refractivity contribution in [1.82, 2.24) is 4.98 Å². The molecule has 0 unspecified atom stereocenters. The Morgan fingerprint density at radius 3 is 2.43 bits per heavy atom. The zero-order valence-electron chi connectivity index (χ0n) is 11.2. The molecular weight excluding hydrogens is 312 g/mol. The summed E-state index contributed by atoms with van der Waals surface area (Å²) in [7, 11) is -3.31. The lowest BCUT2D eigenvalue weighted by Gasteiger charge is -2.07. The second-order valence-electron chi connectivity index (χ2n) is 4.11. The van der Waals surface area contributed by atoms with Crippen molar-refractivity contribution in [3.8, 4) is 0 Å². The molecule has 112 valence electrons. The number of nitrogens with two attached hydrogens (primary N) is 1. The predicted octanol–water partition coefficient (Wildman–Crippen LogP) is 1.74. The van der Waals surface area contributed by atoms with Crippen LogP contribution in [0.25, 0.3) is 0 Å². The SMILES string of the molecule is CCS(=O)(=O)Nc1ccc(NC(=O)c2csc(N)n2)cc1. The molecule has 0 bridgehead atoms. The quantitative estimate of drug-likeness (QED) is 0.774. The summed E-state index contributed by atoms with van der Waals surface area (Å²) in [5.74, 6) is -0.374. The predicted molar refractivity (Wildman–Crippen MR) is 84.0 cm³/mol. The number of sulfonamides is 1. The zero-order chi connectivity index (χ0) is 15.5. The summed E-state index contributed by atoms with van der Waals surface area (Å²) in [5.41, 5.74) is 6.68. The van der Waals surface area contributed by atoms with Crippen LogP contribution >= 0.6 is 11.3 Å². The molecule has 1 amide bonds. The monoisotopic (exact) mass is 326 g/mol. The first-order chi connectivity index (χ1) is 9.89. The van der Waals surface area contributed by atoms with E-state index in [1.165, 1.54) is 11.3 Å². The number of nitrogen functional groups attached to an aromatic ring is 1. The number of aromatic nitrogens is 1. The van der Waals surface area contributed by atoms with Crippen LogP contribution in [0.3, 0.4) is 0 Å². The largest absolute Gasteiger partial charge is 0.375 e. The minimum absolute atomic E-state index is 0.00324. The maximum absolute atomic E-state index is 11.9. The highest BCUT2D eigenvalue weighted by molar-refractivity contribution is 7.92. The molecule has 1 aromatic heterocycles. The maximum atomic E-state index is 11.9. The van der Waals surface area contributed by atoms with Crippen molar-refractivity contribution in [3.63, 3.8) is 0 Å². The molecule has 9 heteroatoms. The van der Waals surface area contributed by atoms with Gasteiger partial charge < -0.3 is 11.1 Å². The van der Waals surface area contributed by atoms with Crippen LogP contribution in [-0.2, 0) is 10.0 Å². The van der Waals surface area contributed by atoms with Crippen molar-refractivity contribution in [2.75, 3.05) is 21.5 Å². The van der Waals surface area contributed by atoms with E-state index in [-0.39, 0.29) is 17.4 Å². The van der Waals surface area contributed by atoms with Gasteiger partial charge in [-0.2, -0.15) is 0 Å². The number of benzene rings is 1. The number of rotatable bonds is 5. The Morgan fingerprint density at radius 2 is 1.90 bits per heavy atom. The standard InChI is InChI=1S/C12H14N4O3S2/c1-2-21(18,19)16-9-5-3-8(4-6-9)14-11(17)10-7-20-12(13)15-10/h3-7,16H,2H2,1H3,(H2,13,15)(H,14,17). The normalized spacial score (nSPS) is 11.1. The lowest BCUT2D eigenvalue weighted by molar-refractivity contribution is 0.102. The number of nitrogens with zero attached hydrogens (tertiary/aromatic N) is 1. The second kappa shape index (κ2) is 6.10. The molecule has 2 rings (SSSR count). The van der Waals surface area contributed by atoms with Crippen molar-refractivity contribution in [3.05, 3.63) is 35.3 Å². The minimum atomic E-state index is -3.31. The average molecular weight is 326 g/mol. The van der Waals surface area contributed by atoms with Gasteiger partial charge >= 0.3 is 0 Å². The molecule has 0 saturated heterocycles. The summed E-state index contributed by atoms with van der Waals surface area (Å²) in [6.45, 7) is 1.55. The number of amides is 1. The molecule has 1 aromatic carbocycles. The van der Waals surface area contributed by atoms with E-state index >= 15 is 0 Å². The third-order valence-corrected chi connectivity index (χ3v) is 4.53. The fraction of sp³-hybridized carbons (Fsp3) is 0.167. The Labute approximate surface area is 126 Å². The van der Waals surface area contributed by atoms with Crippen LogP contribution in [-0.4, -0.2) is 25.1 Å². The minimum Gasteiger partial charge on any atom is -0.375 e. The van der Waals surface area contributed by atoms with E-state index in [1.54, 1.807) is 36.6 Å². The molecule has 7 nitrogen and oxygen atoms in total. The van der Waals surface area contributed by atoms with Gasteiger partial charge in [-0.15, -0.1) is 11.3 Å². The highest BCUT2D eigenvalue weighted by atomic mass is 32.2. The fourth-order valence-corrected chi connectivity index (χ4v) is 2.64. The van der Waals surface area contributed by atoms with Crippen molar-refractivity contribution in [2.24, 2.45) is 0 Å². The third kappa shape index (κ3) is 4.17. The third-order valence-electron chi connectivity index (χ3n) is 2.55. The van der Waals surface area contributed by atoms with E-state index in [2.05, 4.69) is 15.0 Å². The van der Waals surface area contributed by atoms with Crippen LogP contribution in [0.4, 0.5) is 16.5 Å². The molecule has 0 fully saturated rings. The van der Waals surface area contributed by atoms with E-state index in [9.17, 15) is 13.2 Å².